The number of hydrogen-bond donors (Lipinski definition) is 9. The molecule has 15 atom stereocenters. The van der Waals surface area contributed by atoms with E-state index in [0.717, 1.165) is 43.9 Å². The fraction of sp³-hybridized carbons (Fsp3) is 0.933. The number of ether oxygens (including phenoxy) is 6. The van der Waals surface area contributed by atoms with Crippen molar-refractivity contribution in [3.8, 4) is 0 Å². The monoisotopic (exact) mass is 715 g/mol. The number of hydrogen-bond acceptors (Lipinski definition) is 17. The van der Waals surface area contributed by atoms with Crippen molar-refractivity contribution in [2.75, 3.05) is 26.9 Å². The van der Waals surface area contributed by atoms with E-state index >= 15 is 0 Å². The third kappa shape index (κ3) is 10.9. The molecule has 3 aliphatic rings. The van der Waals surface area contributed by atoms with Crippen LogP contribution >= 0.6 is 11.8 Å². The Hall–Kier alpha value is -1.23. The van der Waals surface area contributed by atoms with Gasteiger partial charge in [-0.05, 0) is 12.8 Å². The molecular formula is C30H53NO16S. The number of esters is 1. The van der Waals surface area contributed by atoms with Crippen LogP contribution < -0.4 is 5.32 Å². The Bertz CT molecular complexity index is 983. The van der Waals surface area contributed by atoms with Crippen molar-refractivity contribution >= 4 is 23.6 Å². The molecule has 9 N–H and O–H groups in total. The molecule has 0 aliphatic carbocycles. The first kappa shape index (κ1) is 41.2. The van der Waals surface area contributed by atoms with Gasteiger partial charge in [0.2, 0.25) is 5.91 Å². The molecule has 3 rings (SSSR count). The number of carbonyl (C=O) groups is 2. The van der Waals surface area contributed by atoms with Gasteiger partial charge < -0.3 is 74.6 Å². The van der Waals surface area contributed by atoms with Crippen molar-refractivity contribution in [3.63, 3.8) is 0 Å². The quantitative estimate of drug-likeness (QED) is 0.0546. The van der Waals surface area contributed by atoms with Crippen LogP contribution in [0.5, 0.6) is 0 Å². The van der Waals surface area contributed by atoms with E-state index in [4.69, 9.17) is 23.7 Å². The van der Waals surface area contributed by atoms with Gasteiger partial charge in [-0.2, -0.15) is 0 Å². The summed E-state index contributed by atoms with van der Waals surface area (Å²) in [6, 6.07) is -1.17. The summed E-state index contributed by atoms with van der Waals surface area (Å²) in [5.74, 6) is -0.752. The lowest BCUT2D eigenvalue weighted by molar-refractivity contribution is -0.356. The van der Waals surface area contributed by atoms with Crippen molar-refractivity contribution in [1.82, 2.24) is 5.32 Å². The van der Waals surface area contributed by atoms with E-state index in [1.54, 1.807) is 6.92 Å². The third-order valence-corrected chi connectivity index (χ3v) is 10.1. The van der Waals surface area contributed by atoms with E-state index in [1.165, 1.54) is 14.0 Å². The maximum Gasteiger partial charge on any atom is 0.305 e. The summed E-state index contributed by atoms with van der Waals surface area (Å²) in [6.07, 6.45) is -12.5. The Kier molecular flexibility index (Phi) is 17.1. The average molecular weight is 716 g/mol. The van der Waals surface area contributed by atoms with Gasteiger partial charge in [0, 0.05) is 25.2 Å². The molecule has 3 fully saturated rings. The summed E-state index contributed by atoms with van der Waals surface area (Å²) < 4.78 is 34.1. The lowest BCUT2D eigenvalue weighted by Crippen LogP contribution is -2.68. The molecule has 3 saturated heterocycles. The number of methoxy groups -OCH3 is 1. The lowest BCUT2D eigenvalue weighted by Gasteiger charge is -2.49. The first-order valence-corrected chi connectivity index (χ1v) is 17.3. The molecule has 17 nitrogen and oxygen atoms in total. The van der Waals surface area contributed by atoms with Crippen molar-refractivity contribution in [2.24, 2.45) is 0 Å². The highest BCUT2D eigenvalue weighted by molar-refractivity contribution is 8.00. The van der Waals surface area contributed by atoms with E-state index in [-0.39, 0.29) is 12.6 Å². The zero-order chi connectivity index (χ0) is 35.5. The zero-order valence-electron chi connectivity index (χ0n) is 27.5. The van der Waals surface area contributed by atoms with Crippen LogP contribution in [0.1, 0.15) is 58.8 Å². The summed E-state index contributed by atoms with van der Waals surface area (Å²) in [4.78, 5) is 23.3. The molecule has 280 valence electrons. The minimum atomic E-state index is -1.75. The second kappa shape index (κ2) is 20.0. The Labute approximate surface area is 283 Å². The molecule has 0 unspecified atom stereocenters. The maximum atomic E-state index is 12.1. The van der Waals surface area contributed by atoms with E-state index in [2.05, 4.69) is 10.1 Å². The maximum absolute atomic E-state index is 12.1. The predicted octanol–water partition coefficient (Wildman–Crippen LogP) is -2.76. The standard InChI is InChI=1S/C30H53NO16S/c1-14-20(36)23(39)25(41)30(48-14)47-27-24(40)21(37)16(12-32)44-29(27)46-26-17(13-33)45-28(19(22(26)38)31-15(2)34)43-11-9-7-5-4-6-8-10-18(35)42-3/h14,16-17,19-30,32-33,36-41H,4-13H2,1-3H3,(H,31,34)/t14-,16+,17+,19+,20+,21-,22+,23+,24-,25-,26+,27+,28+,29-,30+/m0/s1. The van der Waals surface area contributed by atoms with Crippen LogP contribution in [0.4, 0.5) is 0 Å². The summed E-state index contributed by atoms with van der Waals surface area (Å²) in [5.41, 5.74) is -1.23. The van der Waals surface area contributed by atoms with Gasteiger partial charge in [0.25, 0.3) is 0 Å². The molecule has 0 radical (unpaired) electrons. The number of rotatable bonds is 17. The first-order valence-electron chi connectivity index (χ1n) is 16.4. The van der Waals surface area contributed by atoms with E-state index in [0.29, 0.717) is 12.8 Å². The van der Waals surface area contributed by atoms with Gasteiger partial charge in [-0.25, -0.2) is 0 Å². The highest BCUT2D eigenvalue weighted by Crippen LogP contribution is 2.37. The first-order chi connectivity index (χ1) is 22.8. The molecule has 3 heterocycles. The van der Waals surface area contributed by atoms with Gasteiger partial charge in [-0.15, -0.1) is 11.8 Å². The van der Waals surface area contributed by atoms with Gasteiger partial charge in [-0.1, -0.05) is 32.6 Å². The Morgan fingerprint density at radius 3 is 1.98 bits per heavy atom. The highest BCUT2D eigenvalue weighted by atomic mass is 32.2. The van der Waals surface area contributed by atoms with E-state index in [1.807, 2.05) is 0 Å². The molecule has 18 heteroatoms. The van der Waals surface area contributed by atoms with Crippen LogP contribution in [-0.4, -0.2) is 170 Å². The molecule has 1 amide bonds. The van der Waals surface area contributed by atoms with Crippen LogP contribution in [0.3, 0.4) is 0 Å². The summed E-state index contributed by atoms with van der Waals surface area (Å²) >= 11 is 0.958. The van der Waals surface area contributed by atoms with E-state index in [9.17, 15) is 50.4 Å². The number of nitrogens with one attached hydrogen (secondary N) is 1. The van der Waals surface area contributed by atoms with Crippen molar-refractivity contribution in [2.45, 2.75) is 149 Å². The van der Waals surface area contributed by atoms with Crippen LogP contribution in [0.25, 0.3) is 0 Å². The smallest absolute Gasteiger partial charge is 0.305 e. The van der Waals surface area contributed by atoms with Gasteiger partial charge in [0.1, 0.15) is 66.4 Å². The van der Waals surface area contributed by atoms with Gasteiger partial charge in [0.05, 0.1) is 26.4 Å². The number of unbranched alkanes of at least 4 members (excludes halogenated alkanes) is 5. The third-order valence-electron chi connectivity index (χ3n) is 8.72. The molecule has 48 heavy (non-hydrogen) atoms. The van der Waals surface area contributed by atoms with Gasteiger partial charge in [0.15, 0.2) is 12.6 Å². The molecule has 0 aromatic rings. The van der Waals surface area contributed by atoms with Crippen molar-refractivity contribution in [1.29, 1.82) is 0 Å². The molecule has 0 aromatic carbocycles. The fourth-order valence-electron chi connectivity index (χ4n) is 5.89. The molecule has 0 spiro atoms. The topological polar surface area (TPSA) is 263 Å². The second-order valence-electron chi connectivity index (χ2n) is 12.4. The van der Waals surface area contributed by atoms with Gasteiger partial charge in [-0.3, -0.25) is 9.59 Å². The largest absolute Gasteiger partial charge is 0.469 e. The summed E-state index contributed by atoms with van der Waals surface area (Å²) in [7, 11) is 1.36. The molecule has 0 aromatic heterocycles. The Morgan fingerprint density at radius 2 is 1.35 bits per heavy atom. The van der Waals surface area contributed by atoms with Crippen molar-refractivity contribution < 1.29 is 78.9 Å². The second-order valence-corrected chi connectivity index (χ2v) is 13.8. The summed E-state index contributed by atoms with van der Waals surface area (Å²) in [6.45, 7) is 1.63. The lowest BCUT2D eigenvalue weighted by atomic mass is 9.95. The summed E-state index contributed by atoms with van der Waals surface area (Å²) in [5, 5.41) is 86.0. The van der Waals surface area contributed by atoms with Crippen LogP contribution in [-0.2, 0) is 38.0 Å². The molecule has 0 saturated carbocycles. The SMILES string of the molecule is COC(=O)CCCCCCCCO[C@@H]1O[C@H](CO)[C@@H](O[C@@H]2O[C@H](CO)[C@H](O)[C@H](O)[C@H]2O[C@@H]2S[C@@H](C)[C@@H](O)[C@@H](O)[C@@H]2O)[C@H](O)[C@H]1NC(C)=O. The van der Waals surface area contributed by atoms with Crippen LogP contribution in [0.15, 0.2) is 0 Å². The highest BCUT2D eigenvalue weighted by Gasteiger charge is 2.54. The average Bonchev–Trinajstić information content (AvgIpc) is 3.06. The molecule has 0 bridgehead atoms. The van der Waals surface area contributed by atoms with Gasteiger partial charge >= 0.3 is 5.97 Å². The Morgan fingerprint density at radius 1 is 0.729 bits per heavy atom. The number of aliphatic hydroxyl groups excluding tert-OH is 8. The fourth-order valence-corrected chi connectivity index (χ4v) is 7.15. The minimum Gasteiger partial charge on any atom is -0.469 e. The Balaban J connectivity index is 1.68. The minimum absolute atomic E-state index is 0.212. The molecular weight excluding hydrogens is 662 g/mol. The van der Waals surface area contributed by atoms with Crippen LogP contribution in [0, 0.1) is 0 Å². The predicted molar refractivity (Wildman–Crippen MR) is 166 cm³/mol. The molecule has 3 aliphatic heterocycles. The van der Waals surface area contributed by atoms with E-state index < -0.39 is 109 Å². The van der Waals surface area contributed by atoms with Crippen molar-refractivity contribution in [3.05, 3.63) is 0 Å². The zero-order valence-corrected chi connectivity index (χ0v) is 28.3. The number of carbonyl (C=O) groups excluding carboxylic acids is 2. The number of aliphatic hydroxyl groups is 8. The van der Waals surface area contributed by atoms with Crippen LogP contribution in [0.2, 0.25) is 0 Å². The number of amides is 1. The normalized spacial score (nSPS) is 40.4. The number of thioether (sulfide) groups is 1.